The molecule has 0 saturated carbocycles. The number of fused-ring (bicyclic) bond motifs is 1. The molecule has 2 aromatic heterocycles. The molecule has 0 N–H and O–H groups in total. The average molecular weight is 435 g/mol. The van der Waals surface area contributed by atoms with Crippen LogP contribution >= 0.6 is 11.8 Å². The van der Waals surface area contributed by atoms with E-state index in [1.54, 1.807) is 4.57 Å². The molecule has 160 valence electrons. The minimum atomic E-state index is -0.200. The first kappa shape index (κ1) is 21.3. The number of hydrogen-bond acceptors (Lipinski definition) is 6. The van der Waals surface area contributed by atoms with Crippen molar-refractivity contribution in [3.05, 3.63) is 75.7 Å². The summed E-state index contributed by atoms with van der Waals surface area (Å²) >= 11 is 1.44. The van der Waals surface area contributed by atoms with E-state index >= 15 is 0 Å². The molecule has 1 unspecified atom stereocenters. The van der Waals surface area contributed by atoms with Crippen LogP contribution in [0.1, 0.15) is 55.8 Å². The van der Waals surface area contributed by atoms with E-state index in [1.807, 2.05) is 77.9 Å². The molecule has 4 rings (SSSR count). The van der Waals surface area contributed by atoms with Gasteiger partial charge in [-0.3, -0.25) is 9.36 Å². The maximum absolute atomic E-state index is 13.5. The van der Waals surface area contributed by atoms with Crippen LogP contribution in [0.25, 0.3) is 16.6 Å². The van der Waals surface area contributed by atoms with Crippen LogP contribution in [0.4, 0.5) is 0 Å². The van der Waals surface area contributed by atoms with Gasteiger partial charge in [-0.1, -0.05) is 55.9 Å². The molecule has 0 fully saturated rings. The summed E-state index contributed by atoms with van der Waals surface area (Å²) in [5, 5.41) is 5.14. The molecular weight excluding hydrogens is 408 g/mol. The van der Waals surface area contributed by atoms with Crippen molar-refractivity contribution in [2.45, 2.75) is 57.4 Å². The standard InChI is InChI=1S/C24H26N4O2S/c1-14-11-15(2)13-17(12-14)28-21(29)18-9-7-8-10-19(18)25-23(28)31-16(3)20-26-22(27-30-20)24(4,5)6/h7-13,16H,1-6H3. The second-order valence-electron chi connectivity index (χ2n) is 8.86. The monoisotopic (exact) mass is 434 g/mol. The number of nitrogens with zero attached hydrogens (tertiary/aromatic N) is 4. The maximum Gasteiger partial charge on any atom is 0.266 e. The molecule has 7 heteroatoms. The number of aromatic nitrogens is 4. The molecule has 0 aliphatic heterocycles. The van der Waals surface area contributed by atoms with Crippen LogP contribution in [0.2, 0.25) is 0 Å². The molecule has 2 heterocycles. The quantitative estimate of drug-likeness (QED) is 0.310. The molecule has 2 aromatic carbocycles. The minimum Gasteiger partial charge on any atom is -0.338 e. The normalized spacial score (nSPS) is 13.0. The van der Waals surface area contributed by atoms with Gasteiger partial charge in [0.1, 0.15) is 0 Å². The molecule has 0 bridgehead atoms. The van der Waals surface area contributed by atoms with E-state index in [0.717, 1.165) is 16.8 Å². The predicted octanol–water partition coefficient (Wildman–Crippen LogP) is 5.54. The van der Waals surface area contributed by atoms with Gasteiger partial charge < -0.3 is 4.52 Å². The first-order chi connectivity index (χ1) is 14.6. The first-order valence-electron chi connectivity index (χ1n) is 10.2. The third-order valence-corrected chi connectivity index (χ3v) is 5.99. The largest absolute Gasteiger partial charge is 0.338 e. The SMILES string of the molecule is Cc1cc(C)cc(-n2c(SC(C)c3nc(C(C)(C)C)no3)nc3ccccc3c2=O)c1. The Labute approximate surface area is 185 Å². The van der Waals surface area contributed by atoms with E-state index in [-0.39, 0.29) is 16.2 Å². The van der Waals surface area contributed by atoms with Crippen molar-refractivity contribution in [3.63, 3.8) is 0 Å². The Bertz CT molecular complexity index is 1300. The van der Waals surface area contributed by atoms with Gasteiger partial charge in [0.2, 0.25) is 5.89 Å². The van der Waals surface area contributed by atoms with E-state index in [0.29, 0.717) is 27.8 Å². The molecule has 0 radical (unpaired) electrons. The molecule has 0 spiro atoms. The zero-order valence-corrected chi connectivity index (χ0v) is 19.4. The van der Waals surface area contributed by atoms with Crippen molar-refractivity contribution in [1.82, 2.24) is 19.7 Å². The highest BCUT2D eigenvalue weighted by molar-refractivity contribution is 7.99. The Morgan fingerprint density at radius 2 is 1.71 bits per heavy atom. The van der Waals surface area contributed by atoms with Crippen molar-refractivity contribution in [3.8, 4) is 5.69 Å². The van der Waals surface area contributed by atoms with Gasteiger partial charge in [0.25, 0.3) is 5.56 Å². The number of benzene rings is 2. The van der Waals surface area contributed by atoms with Crippen molar-refractivity contribution < 1.29 is 4.52 Å². The van der Waals surface area contributed by atoms with E-state index in [4.69, 9.17) is 9.51 Å². The lowest BCUT2D eigenvalue weighted by atomic mass is 9.96. The van der Waals surface area contributed by atoms with Crippen molar-refractivity contribution >= 4 is 22.7 Å². The number of hydrogen-bond donors (Lipinski definition) is 0. The lowest BCUT2D eigenvalue weighted by Gasteiger charge is -2.16. The average Bonchev–Trinajstić information content (AvgIpc) is 3.18. The summed E-state index contributed by atoms with van der Waals surface area (Å²) in [6, 6.07) is 13.5. The van der Waals surface area contributed by atoms with Crippen LogP contribution in [-0.4, -0.2) is 19.7 Å². The van der Waals surface area contributed by atoms with E-state index in [9.17, 15) is 4.79 Å². The summed E-state index contributed by atoms with van der Waals surface area (Å²) in [6.45, 7) is 12.2. The van der Waals surface area contributed by atoms with Crippen LogP contribution in [0.15, 0.2) is 56.9 Å². The fraction of sp³-hybridized carbons (Fsp3) is 0.333. The van der Waals surface area contributed by atoms with Crippen molar-refractivity contribution in [2.24, 2.45) is 0 Å². The Morgan fingerprint density at radius 3 is 2.35 bits per heavy atom. The van der Waals surface area contributed by atoms with Crippen molar-refractivity contribution in [1.29, 1.82) is 0 Å². The Hall–Kier alpha value is -2.93. The van der Waals surface area contributed by atoms with Crippen LogP contribution in [-0.2, 0) is 5.41 Å². The van der Waals surface area contributed by atoms with Crippen LogP contribution in [0, 0.1) is 13.8 Å². The molecule has 0 saturated heterocycles. The highest BCUT2D eigenvalue weighted by atomic mass is 32.2. The first-order valence-corrected chi connectivity index (χ1v) is 11.1. The maximum atomic E-state index is 13.5. The van der Waals surface area contributed by atoms with Gasteiger partial charge in [-0.2, -0.15) is 4.98 Å². The number of rotatable bonds is 4. The predicted molar refractivity (Wildman–Crippen MR) is 124 cm³/mol. The summed E-state index contributed by atoms with van der Waals surface area (Å²) in [5.41, 5.74) is 3.36. The molecule has 0 aliphatic carbocycles. The Balaban J connectivity index is 1.84. The highest BCUT2D eigenvalue weighted by Crippen LogP contribution is 2.35. The van der Waals surface area contributed by atoms with Crippen LogP contribution in [0.3, 0.4) is 0 Å². The minimum absolute atomic E-state index is 0.0915. The van der Waals surface area contributed by atoms with Gasteiger partial charge in [-0.05, 0) is 56.2 Å². The van der Waals surface area contributed by atoms with Gasteiger partial charge in [0.05, 0.1) is 21.8 Å². The van der Waals surface area contributed by atoms with Crippen LogP contribution < -0.4 is 5.56 Å². The smallest absolute Gasteiger partial charge is 0.266 e. The molecule has 1 atom stereocenters. The number of para-hydroxylation sites is 1. The molecule has 6 nitrogen and oxygen atoms in total. The van der Waals surface area contributed by atoms with Gasteiger partial charge in [0.15, 0.2) is 11.0 Å². The third kappa shape index (κ3) is 4.28. The fourth-order valence-electron chi connectivity index (χ4n) is 3.41. The van der Waals surface area contributed by atoms with Crippen molar-refractivity contribution in [2.75, 3.05) is 0 Å². The molecule has 0 amide bonds. The fourth-order valence-corrected chi connectivity index (χ4v) is 4.37. The highest BCUT2D eigenvalue weighted by Gasteiger charge is 2.25. The lowest BCUT2D eigenvalue weighted by molar-refractivity contribution is 0.364. The molecule has 31 heavy (non-hydrogen) atoms. The third-order valence-electron chi connectivity index (χ3n) is 4.95. The summed E-state index contributed by atoms with van der Waals surface area (Å²) in [5.74, 6) is 1.18. The van der Waals surface area contributed by atoms with Gasteiger partial charge >= 0.3 is 0 Å². The summed E-state index contributed by atoms with van der Waals surface area (Å²) < 4.78 is 7.21. The Morgan fingerprint density at radius 1 is 1.03 bits per heavy atom. The lowest BCUT2D eigenvalue weighted by Crippen LogP contribution is -2.22. The van der Waals surface area contributed by atoms with Gasteiger partial charge in [0, 0.05) is 5.41 Å². The van der Waals surface area contributed by atoms with Crippen LogP contribution in [0.5, 0.6) is 0 Å². The second-order valence-corrected chi connectivity index (χ2v) is 10.2. The van der Waals surface area contributed by atoms with E-state index in [2.05, 4.69) is 16.2 Å². The molecule has 0 aliphatic rings. The number of thioether (sulfide) groups is 1. The zero-order chi connectivity index (χ0) is 22.3. The number of aryl methyl sites for hydroxylation is 2. The van der Waals surface area contributed by atoms with E-state index < -0.39 is 0 Å². The summed E-state index contributed by atoms with van der Waals surface area (Å²) in [4.78, 5) is 22.9. The molecule has 4 aromatic rings. The summed E-state index contributed by atoms with van der Waals surface area (Å²) in [7, 11) is 0. The van der Waals surface area contributed by atoms with Gasteiger partial charge in [-0.15, -0.1) is 0 Å². The summed E-state index contributed by atoms with van der Waals surface area (Å²) in [6.07, 6.45) is 0. The Kier molecular flexibility index (Phi) is 5.47. The zero-order valence-electron chi connectivity index (χ0n) is 18.6. The van der Waals surface area contributed by atoms with Gasteiger partial charge in [-0.25, -0.2) is 4.98 Å². The topological polar surface area (TPSA) is 73.8 Å². The molecular formula is C24H26N4O2S. The van der Waals surface area contributed by atoms with E-state index in [1.165, 1.54) is 11.8 Å². The second kappa shape index (κ2) is 7.96.